The van der Waals surface area contributed by atoms with Crippen LogP contribution in [-0.2, 0) is 0 Å². The van der Waals surface area contributed by atoms with Crippen LogP contribution in [0.15, 0.2) is 41.6 Å². The Morgan fingerprint density at radius 3 is 2.47 bits per heavy atom. The highest BCUT2D eigenvalue weighted by molar-refractivity contribution is 7.99. The first-order valence-electron chi connectivity index (χ1n) is 9.61. The summed E-state index contributed by atoms with van der Waals surface area (Å²) in [6.45, 7) is 6.11. The monoisotopic (exact) mass is 420 g/mol. The van der Waals surface area contributed by atoms with Gasteiger partial charge in [0.2, 0.25) is 11.9 Å². The molecule has 3 aromatic heterocycles. The molecule has 0 spiro atoms. The van der Waals surface area contributed by atoms with E-state index in [-0.39, 0.29) is 11.2 Å². The molecule has 0 fully saturated rings. The van der Waals surface area contributed by atoms with E-state index in [4.69, 9.17) is 15.8 Å². The predicted molar refractivity (Wildman–Crippen MR) is 121 cm³/mol. The van der Waals surface area contributed by atoms with Crippen molar-refractivity contribution < 1.29 is 0 Å². The molecule has 4 rings (SSSR count). The van der Waals surface area contributed by atoms with Crippen molar-refractivity contribution in [1.82, 2.24) is 29.5 Å². The minimum Gasteiger partial charge on any atom is -0.368 e. The molecule has 0 amide bonds. The van der Waals surface area contributed by atoms with Crippen LogP contribution in [0.4, 0.5) is 11.9 Å². The molecule has 0 aliphatic carbocycles. The number of hydrogen-bond donors (Lipinski definition) is 1. The first-order chi connectivity index (χ1) is 14.3. The molecule has 4 aromatic rings. The molecule has 2 N–H and O–H groups in total. The van der Waals surface area contributed by atoms with Crippen molar-refractivity contribution >= 4 is 29.2 Å². The van der Waals surface area contributed by atoms with E-state index < -0.39 is 0 Å². The maximum absolute atomic E-state index is 5.91. The Balaban J connectivity index is 1.80. The van der Waals surface area contributed by atoms with Crippen LogP contribution in [0.1, 0.15) is 29.3 Å². The Hall–Kier alpha value is -3.20. The summed E-state index contributed by atoms with van der Waals surface area (Å²) >= 11 is 1.55. The Bertz CT molecular complexity index is 1200. The van der Waals surface area contributed by atoms with Gasteiger partial charge in [0.1, 0.15) is 5.82 Å². The van der Waals surface area contributed by atoms with Gasteiger partial charge in [-0.1, -0.05) is 42.1 Å². The zero-order chi connectivity index (χ0) is 21.4. The van der Waals surface area contributed by atoms with E-state index >= 15 is 0 Å². The van der Waals surface area contributed by atoms with E-state index in [1.54, 1.807) is 11.8 Å². The van der Waals surface area contributed by atoms with E-state index in [1.165, 1.54) is 0 Å². The van der Waals surface area contributed by atoms with Gasteiger partial charge in [0, 0.05) is 19.7 Å². The van der Waals surface area contributed by atoms with Crippen LogP contribution in [0.3, 0.4) is 0 Å². The van der Waals surface area contributed by atoms with Crippen LogP contribution >= 0.6 is 11.8 Å². The summed E-state index contributed by atoms with van der Waals surface area (Å²) in [6.07, 6.45) is 0. The largest absolute Gasteiger partial charge is 0.368 e. The normalized spacial score (nSPS) is 12.3. The smallest absolute Gasteiger partial charge is 0.229 e. The van der Waals surface area contributed by atoms with Gasteiger partial charge in [0.25, 0.3) is 0 Å². The molecule has 0 aliphatic heterocycles. The molecule has 0 bridgehead atoms. The first kappa shape index (κ1) is 20.1. The van der Waals surface area contributed by atoms with Crippen LogP contribution in [0.5, 0.6) is 0 Å². The SMILES string of the molecule is Cc1cc(C)c2c(-c3ccccc3)nc(SC(C)c3nc(N)nc(N(C)C)n3)n2n1. The molecule has 154 valence electrons. The van der Waals surface area contributed by atoms with Crippen LogP contribution < -0.4 is 10.6 Å². The van der Waals surface area contributed by atoms with Crippen LogP contribution in [0.2, 0.25) is 0 Å². The molecule has 3 heterocycles. The summed E-state index contributed by atoms with van der Waals surface area (Å²) in [5.74, 6) is 1.35. The van der Waals surface area contributed by atoms with Crippen molar-refractivity contribution in [2.75, 3.05) is 24.7 Å². The number of imidazole rings is 1. The quantitative estimate of drug-likeness (QED) is 0.488. The van der Waals surface area contributed by atoms with E-state index in [2.05, 4.69) is 40.1 Å². The van der Waals surface area contributed by atoms with E-state index in [0.717, 1.165) is 33.2 Å². The standard InChI is InChI=1S/C21H24N8S/c1-12-11-13(2)27-29-17(12)16(15-9-7-6-8-10-15)23-21(29)30-14(3)18-24-19(22)26-20(25-18)28(4)5/h6-11,14H,1-5H3,(H2,22,24,25,26). The van der Waals surface area contributed by atoms with Crippen LogP contribution in [0, 0.1) is 13.8 Å². The van der Waals surface area contributed by atoms with E-state index in [1.807, 2.05) is 55.6 Å². The van der Waals surface area contributed by atoms with Gasteiger partial charge in [-0.15, -0.1) is 0 Å². The summed E-state index contributed by atoms with van der Waals surface area (Å²) in [5.41, 5.74) is 11.0. The van der Waals surface area contributed by atoms with Gasteiger partial charge in [-0.3, -0.25) is 0 Å². The number of anilines is 2. The van der Waals surface area contributed by atoms with Gasteiger partial charge in [-0.05, 0) is 32.4 Å². The van der Waals surface area contributed by atoms with Crippen molar-refractivity contribution in [1.29, 1.82) is 0 Å². The number of aromatic nitrogens is 6. The second-order valence-electron chi connectivity index (χ2n) is 7.34. The van der Waals surface area contributed by atoms with Crippen molar-refractivity contribution in [2.24, 2.45) is 0 Å². The van der Waals surface area contributed by atoms with Crippen molar-refractivity contribution in [3.63, 3.8) is 0 Å². The fourth-order valence-corrected chi connectivity index (χ4v) is 4.17. The zero-order valence-corrected chi connectivity index (χ0v) is 18.5. The Labute approximate surface area is 179 Å². The number of nitrogens with zero attached hydrogens (tertiary/aromatic N) is 7. The lowest BCUT2D eigenvalue weighted by Gasteiger charge is -2.14. The zero-order valence-electron chi connectivity index (χ0n) is 17.7. The minimum atomic E-state index is -0.0918. The second-order valence-corrected chi connectivity index (χ2v) is 8.65. The fourth-order valence-electron chi connectivity index (χ4n) is 3.27. The minimum absolute atomic E-state index is 0.0918. The highest BCUT2D eigenvalue weighted by Crippen LogP contribution is 2.37. The molecule has 0 saturated heterocycles. The van der Waals surface area contributed by atoms with Crippen molar-refractivity contribution in [2.45, 2.75) is 31.2 Å². The summed E-state index contributed by atoms with van der Waals surface area (Å²) in [4.78, 5) is 19.8. The molecule has 1 atom stereocenters. The highest BCUT2D eigenvalue weighted by Gasteiger charge is 2.21. The van der Waals surface area contributed by atoms with Gasteiger partial charge in [-0.2, -0.15) is 20.1 Å². The van der Waals surface area contributed by atoms with Crippen LogP contribution in [-0.4, -0.2) is 43.6 Å². The third kappa shape index (κ3) is 3.80. The third-order valence-electron chi connectivity index (χ3n) is 4.63. The molecule has 8 nitrogen and oxygen atoms in total. The Morgan fingerprint density at radius 1 is 1.03 bits per heavy atom. The second kappa shape index (κ2) is 7.91. The average Bonchev–Trinajstić information content (AvgIpc) is 3.06. The number of aryl methyl sites for hydroxylation is 2. The molecule has 1 aromatic carbocycles. The van der Waals surface area contributed by atoms with Gasteiger partial charge in [0.05, 0.1) is 22.2 Å². The van der Waals surface area contributed by atoms with Crippen molar-refractivity contribution in [3.8, 4) is 11.3 Å². The summed E-state index contributed by atoms with van der Waals surface area (Å²) in [5, 5.41) is 5.43. The fraction of sp³-hybridized carbons (Fsp3) is 0.286. The molecule has 9 heteroatoms. The first-order valence-corrected chi connectivity index (χ1v) is 10.5. The maximum Gasteiger partial charge on any atom is 0.229 e. The van der Waals surface area contributed by atoms with Gasteiger partial charge < -0.3 is 10.6 Å². The van der Waals surface area contributed by atoms with Gasteiger partial charge in [-0.25, -0.2) is 9.50 Å². The van der Waals surface area contributed by atoms with E-state index in [9.17, 15) is 0 Å². The number of nitrogens with two attached hydrogens (primary N) is 1. The topological polar surface area (TPSA) is 98.1 Å². The summed E-state index contributed by atoms with van der Waals surface area (Å²) in [7, 11) is 3.75. The van der Waals surface area contributed by atoms with Gasteiger partial charge in [0.15, 0.2) is 5.16 Å². The molecular formula is C21H24N8S. The maximum atomic E-state index is 5.91. The number of rotatable bonds is 5. The number of nitrogen functional groups attached to an aromatic ring is 1. The number of thioether (sulfide) groups is 1. The van der Waals surface area contributed by atoms with Crippen molar-refractivity contribution in [3.05, 3.63) is 53.5 Å². The summed E-state index contributed by atoms with van der Waals surface area (Å²) < 4.78 is 1.92. The lowest BCUT2D eigenvalue weighted by atomic mass is 10.1. The van der Waals surface area contributed by atoms with E-state index in [0.29, 0.717) is 11.8 Å². The molecule has 1 unspecified atom stereocenters. The predicted octanol–water partition coefficient (Wildman–Crippen LogP) is 3.70. The molecule has 0 aliphatic rings. The molecular weight excluding hydrogens is 396 g/mol. The van der Waals surface area contributed by atoms with Gasteiger partial charge >= 0.3 is 0 Å². The number of fused-ring (bicyclic) bond motifs is 1. The molecule has 30 heavy (non-hydrogen) atoms. The lowest BCUT2D eigenvalue weighted by molar-refractivity contribution is 0.785. The number of hydrogen-bond acceptors (Lipinski definition) is 8. The Kier molecular flexibility index (Phi) is 5.29. The highest BCUT2D eigenvalue weighted by atomic mass is 32.2. The average molecular weight is 421 g/mol. The molecule has 0 radical (unpaired) electrons. The van der Waals surface area contributed by atoms with Crippen LogP contribution in [0.25, 0.3) is 16.8 Å². The summed E-state index contributed by atoms with van der Waals surface area (Å²) in [6, 6.07) is 12.2. The number of benzene rings is 1. The third-order valence-corrected chi connectivity index (χ3v) is 5.67. The Morgan fingerprint density at radius 2 is 1.77 bits per heavy atom. The molecule has 0 saturated carbocycles. The lowest BCUT2D eigenvalue weighted by Crippen LogP contribution is -2.16.